The minimum absolute atomic E-state index is 0.340. The SMILES string of the molecule is CC(C)n1cc(CN(C)Cc2cn(C(C)C)nn2)nn1. The Balaban J connectivity index is 1.92. The van der Waals surface area contributed by atoms with E-state index in [2.05, 4.69) is 53.2 Å². The summed E-state index contributed by atoms with van der Waals surface area (Å²) in [5, 5.41) is 16.6. The molecule has 0 aliphatic rings. The van der Waals surface area contributed by atoms with Gasteiger partial charge in [-0.15, -0.1) is 10.2 Å². The van der Waals surface area contributed by atoms with Crippen LogP contribution in [0.2, 0.25) is 0 Å². The van der Waals surface area contributed by atoms with E-state index in [1.165, 1.54) is 0 Å². The first-order valence-corrected chi connectivity index (χ1v) is 6.95. The summed E-state index contributed by atoms with van der Waals surface area (Å²) in [5.41, 5.74) is 1.94. The molecule has 0 N–H and O–H groups in total. The smallest absolute Gasteiger partial charge is 0.0967 e. The van der Waals surface area contributed by atoms with Crippen molar-refractivity contribution < 1.29 is 0 Å². The van der Waals surface area contributed by atoms with Crippen molar-refractivity contribution in [2.75, 3.05) is 7.05 Å². The third-order valence-corrected chi connectivity index (χ3v) is 3.04. The van der Waals surface area contributed by atoms with E-state index in [0.29, 0.717) is 12.1 Å². The first-order valence-electron chi connectivity index (χ1n) is 6.95. The van der Waals surface area contributed by atoms with E-state index in [0.717, 1.165) is 24.5 Å². The summed E-state index contributed by atoms with van der Waals surface area (Å²) in [5.74, 6) is 0. The zero-order valence-corrected chi connectivity index (χ0v) is 12.9. The maximum absolute atomic E-state index is 4.18. The maximum Gasteiger partial charge on any atom is 0.0967 e. The Bertz CT molecular complexity index is 492. The Hall–Kier alpha value is -1.76. The van der Waals surface area contributed by atoms with Crippen molar-refractivity contribution in [1.82, 2.24) is 34.9 Å². The highest BCUT2D eigenvalue weighted by Gasteiger charge is 2.10. The van der Waals surface area contributed by atoms with E-state index >= 15 is 0 Å². The van der Waals surface area contributed by atoms with E-state index in [1.807, 2.05) is 28.8 Å². The highest BCUT2D eigenvalue weighted by molar-refractivity contribution is 4.96. The standard InChI is InChI=1S/C13H23N7/c1-10(2)19-8-12(14-16-19)6-18(5)7-13-9-20(11(3)4)17-15-13/h8-11H,6-7H2,1-5H3. The number of hydrogen-bond acceptors (Lipinski definition) is 5. The van der Waals surface area contributed by atoms with Crippen LogP contribution in [0.25, 0.3) is 0 Å². The minimum atomic E-state index is 0.340. The number of aromatic nitrogens is 6. The van der Waals surface area contributed by atoms with Gasteiger partial charge in [-0.1, -0.05) is 10.4 Å². The summed E-state index contributed by atoms with van der Waals surface area (Å²) in [4.78, 5) is 2.16. The Morgan fingerprint density at radius 1 is 0.900 bits per heavy atom. The van der Waals surface area contributed by atoms with E-state index in [4.69, 9.17) is 0 Å². The van der Waals surface area contributed by atoms with Crippen LogP contribution < -0.4 is 0 Å². The van der Waals surface area contributed by atoms with Crippen molar-refractivity contribution in [3.63, 3.8) is 0 Å². The van der Waals surface area contributed by atoms with E-state index in [-0.39, 0.29) is 0 Å². The minimum Gasteiger partial charge on any atom is -0.294 e. The predicted molar refractivity (Wildman–Crippen MR) is 76.0 cm³/mol. The molecular formula is C13H23N7. The molecule has 20 heavy (non-hydrogen) atoms. The maximum atomic E-state index is 4.18. The second kappa shape index (κ2) is 6.13. The second-order valence-corrected chi connectivity index (χ2v) is 5.74. The number of nitrogens with zero attached hydrogens (tertiary/aromatic N) is 7. The predicted octanol–water partition coefficient (Wildman–Crippen LogP) is 1.66. The molecule has 0 saturated carbocycles. The molecule has 2 aromatic heterocycles. The molecule has 0 amide bonds. The van der Waals surface area contributed by atoms with Gasteiger partial charge >= 0.3 is 0 Å². The zero-order valence-electron chi connectivity index (χ0n) is 12.9. The second-order valence-electron chi connectivity index (χ2n) is 5.74. The Kier molecular flexibility index (Phi) is 4.49. The van der Waals surface area contributed by atoms with Gasteiger partial charge in [0.15, 0.2) is 0 Å². The molecule has 0 saturated heterocycles. The highest BCUT2D eigenvalue weighted by Crippen LogP contribution is 2.08. The molecule has 0 atom stereocenters. The van der Waals surface area contributed by atoms with Crippen molar-refractivity contribution in [3.8, 4) is 0 Å². The van der Waals surface area contributed by atoms with Crippen molar-refractivity contribution in [1.29, 1.82) is 0 Å². The molecule has 0 spiro atoms. The third-order valence-electron chi connectivity index (χ3n) is 3.04. The van der Waals surface area contributed by atoms with Crippen LogP contribution in [-0.4, -0.2) is 41.9 Å². The molecule has 0 unspecified atom stereocenters. The van der Waals surface area contributed by atoms with Crippen LogP contribution in [0.5, 0.6) is 0 Å². The topological polar surface area (TPSA) is 64.7 Å². The van der Waals surface area contributed by atoms with Gasteiger partial charge in [-0.3, -0.25) is 4.90 Å². The van der Waals surface area contributed by atoms with Gasteiger partial charge in [-0.25, -0.2) is 9.36 Å². The first kappa shape index (κ1) is 14.6. The van der Waals surface area contributed by atoms with E-state index in [9.17, 15) is 0 Å². The van der Waals surface area contributed by atoms with Crippen LogP contribution in [0.3, 0.4) is 0 Å². The van der Waals surface area contributed by atoms with Gasteiger partial charge in [0.2, 0.25) is 0 Å². The fourth-order valence-corrected chi connectivity index (χ4v) is 1.89. The largest absolute Gasteiger partial charge is 0.294 e. The highest BCUT2D eigenvalue weighted by atomic mass is 15.4. The van der Waals surface area contributed by atoms with E-state index in [1.54, 1.807) is 0 Å². The van der Waals surface area contributed by atoms with Crippen molar-refractivity contribution in [2.24, 2.45) is 0 Å². The van der Waals surface area contributed by atoms with Crippen molar-refractivity contribution in [3.05, 3.63) is 23.8 Å². The van der Waals surface area contributed by atoms with Gasteiger partial charge < -0.3 is 0 Å². The molecule has 7 heteroatoms. The van der Waals surface area contributed by atoms with Crippen LogP contribution in [0, 0.1) is 0 Å². The van der Waals surface area contributed by atoms with Gasteiger partial charge in [-0.05, 0) is 34.7 Å². The third kappa shape index (κ3) is 3.63. The molecule has 0 aromatic carbocycles. The fourth-order valence-electron chi connectivity index (χ4n) is 1.89. The van der Waals surface area contributed by atoms with Gasteiger partial charge in [0.25, 0.3) is 0 Å². The number of rotatable bonds is 6. The van der Waals surface area contributed by atoms with Gasteiger partial charge in [-0.2, -0.15) is 0 Å². The molecule has 0 bridgehead atoms. The Morgan fingerprint density at radius 3 is 1.60 bits per heavy atom. The molecule has 2 rings (SSSR count). The Morgan fingerprint density at radius 2 is 1.30 bits per heavy atom. The normalized spacial score (nSPS) is 12.0. The van der Waals surface area contributed by atoms with Crippen molar-refractivity contribution >= 4 is 0 Å². The van der Waals surface area contributed by atoms with Crippen LogP contribution >= 0.6 is 0 Å². The molecule has 0 radical (unpaired) electrons. The van der Waals surface area contributed by atoms with Crippen LogP contribution in [0.1, 0.15) is 51.2 Å². The molecule has 0 aliphatic carbocycles. The lowest BCUT2D eigenvalue weighted by Crippen LogP contribution is -2.17. The van der Waals surface area contributed by atoms with Gasteiger partial charge in [0, 0.05) is 25.2 Å². The summed E-state index contributed by atoms with van der Waals surface area (Å²) in [6.45, 7) is 9.86. The average molecular weight is 277 g/mol. The molecule has 2 heterocycles. The first-order chi connectivity index (χ1) is 9.45. The summed E-state index contributed by atoms with van der Waals surface area (Å²) in [6.07, 6.45) is 3.98. The van der Waals surface area contributed by atoms with Gasteiger partial charge in [0.1, 0.15) is 0 Å². The summed E-state index contributed by atoms with van der Waals surface area (Å²) < 4.78 is 3.75. The molecule has 0 aliphatic heterocycles. The monoisotopic (exact) mass is 277 g/mol. The molecular weight excluding hydrogens is 254 g/mol. The average Bonchev–Trinajstić information content (AvgIpc) is 2.98. The Labute approximate surface area is 119 Å². The molecule has 7 nitrogen and oxygen atoms in total. The van der Waals surface area contributed by atoms with Crippen molar-refractivity contribution in [2.45, 2.75) is 52.9 Å². The van der Waals surface area contributed by atoms with E-state index < -0.39 is 0 Å². The quantitative estimate of drug-likeness (QED) is 0.803. The molecule has 110 valence electrons. The van der Waals surface area contributed by atoms with Crippen LogP contribution in [-0.2, 0) is 13.1 Å². The zero-order chi connectivity index (χ0) is 14.7. The van der Waals surface area contributed by atoms with Gasteiger partial charge in [0.05, 0.1) is 23.8 Å². The summed E-state index contributed by atoms with van der Waals surface area (Å²) in [7, 11) is 2.04. The lowest BCUT2D eigenvalue weighted by Gasteiger charge is -2.12. The molecule has 2 aromatic rings. The lowest BCUT2D eigenvalue weighted by molar-refractivity contribution is 0.311. The summed E-state index contributed by atoms with van der Waals surface area (Å²) in [6, 6.07) is 0.681. The fraction of sp³-hybridized carbons (Fsp3) is 0.692. The van der Waals surface area contributed by atoms with Crippen LogP contribution in [0.4, 0.5) is 0 Å². The molecule has 0 fully saturated rings. The number of hydrogen-bond donors (Lipinski definition) is 0. The van der Waals surface area contributed by atoms with Crippen LogP contribution in [0.15, 0.2) is 12.4 Å². The lowest BCUT2D eigenvalue weighted by atomic mass is 10.3. The summed E-state index contributed by atoms with van der Waals surface area (Å²) >= 11 is 0.